The minimum Gasteiger partial charge on any atom is -0.481 e. The summed E-state index contributed by atoms with van der Waals surface area (Å²) in [5, 5.41) is 3.33. The lowest BCUT2D eigenvalue weighted by molar-refractivity contribution is 0.281. The van der Waals surface area contributed by atoms with Crippen LogP contribution in [0.1, 0.15) is 18.9 Å². The van der Waals surface area contributed by atoms with Gasteiger partial charge in [0.15, 0.2) is 6.10 Å². The van der Waals surface area contributed by atoms with Crippen LogP contribution in [0.3, 0.4) is 0 Å². The molecule has 0 fully saturated rings. The summed E-state index contributed by atoms with van der Waals surface area (Å²) in [6, 6.07) is 5.99. The molecule has 1 unspecified atom stereocenters. The second-order valence-corrected chi connectivity index (χ2v) is 4.42. The Kier molecular flexibility index (Phi) is 4.17. The fourth-order valence-electron chi connectivity index (χ4n) is 1.80. The molecule has 1 aromatic rings. The summed E-state index contributed by atoms with van der Waals surface area (Å²) in [6.45, 7) is 4.33. The summed E-state index contributed by atoms with van der Waals surface area (Å²) in [5.41, 5.74) is 13.2. The van der Waals surface area contributed by atoms with E-state index in [0.717, 1.165) is 30.9 Å². The summed E-state index contributed by atoms with van der Waals surface area (Å²) >= 11 is 0. The molecule has 1 aromatic carbocycles. The van der Waals surface area contributed by atoms with Crippen molar-refractivity contribution in [3.8, 4) is 5.75 Å². The summed E-state index contributed by atoms with van der Waals surface area (Å²) < 4.78 is 5.65. The van der Waals surface area contributed by atoms with Crippen LogP contribution >= 0.6 is 0 Å². The highest BCUT2D eigenvalue weighted by Crippen LogP contribution is 2.32. The van der Waals surface area contributed by atoms with Crippen molar-refractivity contribution in [1.29, 1.82) is 0 Å². The number of nitrogens with one attached hydrogen (secondary N) is 1. The maximum absolute atomic E-state index is 5.78. The van der Waals surface area contributed by atoms with Crippen LogP contribution in [0.2, 0.25) is 0 Å². The highest BCUT2D eigenvalue weighted by Gasteiger charge is 2.17. The van der Waals surface area contributed by atoms with Gasteiger partial charge in [0, 0.05) is 6.54 Å². The Morgan fingerprint density at radius 2 is 2.28 bits per heavy atom. The first kappa shape index (κ1) is 12.9. The predicted molar refractivity (Wildman–Crippen MR) is 73.2 cm³/mol. The van der Waals surface area contributed by atoms with Crippen LogP contribution in [0.15, 0.2) is 23.2 Å². The van der Waals surface area contributed by atoms with E-state index in [1.807, 2.05) is 25.1 Å². The molecule has 0 saturated carbocycles. The zero-order valence-corrected chi connectivity index (χ0v) is 10.6. The van der Waals surface area contributed by atoms with E-state index in [2.05, 4.69) is 10.3 Å². The smallest absolute Gasteiger partial charge is 0.153 e. The number of ether oxygens (including phenoxy) is 1. The quantitative estimate of drug-likeness (QED) is 0.676. The number of amidine groups is 1. The van der Waals surface area contributed by atoms with Crippen molar-refractivity contribution >= 4 is 11.5 Å². The minimum atomic E-state index is -0.147. The summed E-state index contributed by atoms with van der Waals surface area (Å²) in [6.07, 6.45) is 0.836. The number of nitrogens with zero attached hydrogens (tertiary/aromatic N) is 1. The Morgan fingerprint density at radius 3 is 3.06 bits per heavy atom. The normalized spacial score (nSPS) is 17.9. The number of benzene rings is 1. The van der Waals surface area contributed by atoms with Crippen molar-refractivity contribution < 1.29 is 4.74 Å². The van der Waals surface area contributed by atoms with E-state index in [0.29, 0.717) is 12.4 Å². The minimum absolute atomic E-state index is 0.147. The lowest BCUT2D eigenvalue weighted by atomic mass is 10.1. The molecule has 0 aliphatic carbocycles. The predicted octanol–water partition coefficient (Wildman–Crippen LogP) is 0.895. The SMILES string of the molecule is CC1Oc2ccc(CNCCCN)cc2N=C1N. The van der Waals surface area contributed by atoms with E-state index >= 15 is 0 Å². The number of hydrogen-bond acceptors (Lipinski definition) is 5. The van der Waals surface area contributed by atoms with Gasteiger partial charge in [-0.2, -0.15) is 0 Å². The van der Waals surface area contributed by atoms with E-state index in [4.69, 9.17) is 16.2 Å². The molecule has 0 bridgehead atoms. The van der Waals surface area contributed by atoms with Crippen LogP contribution in [0.25, 0.3) is 0 Å². The molecule has 5 heteroatoms. The Labute approximate surface area is 107 Å². The lowest BCUT2D eigenvalue weighted by Gasteiger charge is -2.21. The topological polar surface area (TPSA) is 85.7 Å². The number of fused-ring (bicyclic) bond motifs is 1. The second kappa shape index (κ2) is 5.84. The van der Waals surface area contributed by atoms with Gasteiger partial charge in [0.1, 0.15) is 17.3 Å². The van der Waals surface area contributed by atoms with Crippen molar-refractivity contribution in [2.45, 2.75) is 26.0 Å². The molecule has 5 nitrogen and oxygen atoms in total. The molecular formula is C13H20N4O. The molecule has 1 aliphatic rings. The summed E-state index contributed by atoms with van der Waals surface area (Å²) in [4.78, 5) is 4.35. The largest absolute Gasteiger partial charge is 0.481 e. The summed E-state index contributed by atoms with van der Waals surface area (Å²) in [5.74, 6) is 1.32. The van der Waals surface area contributed by atoms with Crippen LogP contribution < -0.4 is 21.5 Å². The van der Waals surface area contributed by atoms with E-state index in [9.17, 15) is 0 Å². The number of aliphatic imine (C=N–C) groups is 1. The van der Waals surface area contributed by atoms with Gasteiger partial charge >= 0.3 is 0 Å². The Bertz CT molecular complexity index is 445. The third-order valence-corrected chi connectivity index (χ3v) is 2.88. The van der Waals surface area contributed by atoms with Crippen LogP contribution in [0.4, 0.5) is 5.69 Å². The molecule has 0 saturated heterocycles. The van der Waals surface area contributed by atoms with Gasteiger partial charge in [0.2, 0.25) is 0 Å². The molecule has 98 valence electrons. The average molecular weight is 248 g/mol. The first-order valence-electron chi connectivity index (χ1n) is 6.25. The molecular weight excluding hydrogens is 228 g/mol. The van der Waals surface area contributed by atoms with Crippen molar-refractivity contribution in [3.63, 3.8) is 0 Å². The van der Waals surface area contributed by atoms with Crippen LogP contribution in [-0.2, 0) is 6.54 Å². The number of hydrogen-bond donors (Lipinski definition) is 3. The van der Waals surface area contributed by atoms with Gasteiger partial charge in [0.25, 0.3) is 0 Å². The second-order valence-electron chi connectivity index (χ2n) is 4.42. The number of nitrogens with two attached hydrogens (primary N) is 2. The fourth-order valence-corrected chi connectivity index (χ4v) is 1.80. The third-order valence-electron chi connectivity index (χ3n) is 2.88. The van der Waals surface area contributed by atoms with E-state index in [-0.39, 0.29) is 6.10 Å². The van der Waals surface area contributed by atoms with E-state index in [1.165, 1.54) is 5.56 Å². The van der Waals surface area contributed by atoms with Gasteiger partial charge in [-0.15, -0.1) is 0 Å². The van der Waals surface area contributed by atoms with Gasteiger partial charge in [-0.25, -0.2) is 4.99 Å². The molecule has 0 aromatic heterocycles. The number of rotatable bonds is 5. The fraction of sp³-hybridized carbons (Fsp3) is 0.462. The highest BCUT2D eigenvalue weighted by molar-refractivity contribution is 5.89. The lowest BCUT2D eigenvalue weighted by Crippen LogP contribution is -2.33. The third kappa shape index (κ3) is 3.00. The molecule has 0 amide bonds. The standard InChI is InChI=1S/C13H20N4O/c1-9-13(15)17-11-7-10(3-4-12(11)18-9)8-16-6-2-5-14/h3-4,7,9,16H,2,5-6,8,14H2,1H3,(H2,15,17). The molecule has 5 N–H and O–H groups in total. The Hall–Kier alpha value is -1.59. The maximum atomic E-state index is 5.78. The summed E-state index contributed by atoms with van der Waals surface area (Å²) in [7, 11) is 0. The van der Waals surface area contributed by atoms with E-state index in [1.54, 1.807) is 0 Å². The van der Waals surface area contributed by atoms with Crippen molar-refractivity contribution in [3.05, 3.63) is 23.8 Å². The van der Waals surface area contributed by atoms with Gasteiger partial charge in [-0.3, -0.25) is 0 Å². The first-order valence-corrected chi connectivity index (χ1v) is 6.25. The van der Waals surface area contributed by atoms with Crippen molar-refractivity contribution in [1.82, 2.24) is 5.32 Å². The van der Waals surface area contributed by atoms with Crippen molar-refractivity contribution in [2.24, 2.45) is 16.5 Å². The molecule has 2 rings (SSSR count). The highest BCUT2D eigenvalue weighted by atomic mass is 16.5. The van der Waals surface area contributed by atoms with E-state index < -0.39 is 0 Å². The van der Waals surface area contributed by atoms with Crippen LogP contribution in [-0.4, -0.2) is 25.0 Å². The monoisotopic (exact) mass is 248 g/mol. The van der Waals surface area contributed by atoms with Gasteiger partial charge in [0.05, 0.1) is 0 Å². The Balaban J connectivity index is 2.03. The molecule has 18 heavy (non-hydrogen) atoms. The maximum Gasteiger partial charge on any atom is 0.153 e. The van der Waals surface area contributed by atoms with Gasteiger partial charge in [-0.1, -0.05) is 6.07 Å². The molecule has 0 spiro atoms. The molecule has 1 aliphatic heterocycles. The molecule has 1 atom stereocenters. The average Bonchev–Trinajstić information content (AvgIpc) is 2.36. The zero-order valence-electron chi connectivity index (χ0n) is 10.6. The van der Waals surface area contributed by atoms with Crippen LogP contribution in [0, 0.1) is 0 Å². The molecule has 1 heterocycles. The molecule has 0 radical (unpaired) electrons. The zero-order chi connectivity index (χ0) is 13.0. The Morgan fingerprint density at radius 1 is 1.44 bits per heavy atom. The van der Waals surface area contributed by atoms with Crippen LogP contribution in [0.5, 0.6) is 5.75 Å². The van der Waals surface area contributed by atoms with Gasteiger partial charge in [-0.05, 0) is 44.1 Å². The van der Waals surface area contributed by atoms with Crippen molar-refractivity contribution in [2.75, 3.05) is 13.1 Å². The van der Waals surface area contributed by atoms with Gasteiger partial charge < -0.3 is 21.5 Å². The first-order chi connectivity index (χ1) is 8.70.